The molecule has 140 valence electrons. The molecule has 1 aliphatic carbocycles. The predicted molar refractivity (Wildman–Crippen MR) is 102 cm³/mol. The minimum absolute atomic E-state index is 0.0502. The Bertz CT molecular complexity index is 998. The SMILES string of the molecule is Cc1ccsc1C(=O)NC[C@]12CCC[C@H]1CN(c1ccc3nnnn3n1)C2. The van der Waals surface area contributed by atoms with Crippen LogP contribution in [0.2, 0.25) is 0 Å². The molecular formula is C18H21N7OS. The molecule has 0 spiro atoms. The zero-order valence-electron chi connectivity index (χ0n) is 15.1. The van der Waals surface area contributed by atoms with Gasteiger partial charge in [0, 0.05) is 25.0 Å². The first-order valence-corrected chi connectivity index (χ1v) is 10.2. The Morgan fingerprint density at radius 1 is 1.41 bits per heavy atom. The summed E-state index contributed by atoms with van der Waals surface area (Å²) in [5.74, 6) is 1.52. The molecule has 2 atom stereocenters. The van der Waals surface area contributed by atoms with E-state index < -0.39 is 0 Å². The molecule has 0 unspecified atom stereocenters. The Labute approximate surface area is 160 Å². The van der Waals surface area contributed by atoms with Crippen molar-refractivity contribution in [3.05, 3.63) is 34.0 Å². The largest absolute Gasteiger partial charge is 0.354 e. The third-order valence-corrected chi connectivity index (χ3v) is 7.10. The lowest BCUT2D eigenvalue weighted by molar-refractivity contribution is 0.0931. The van der Waals surface area contributed by atoms with E-state index in [0.717, 1.165) is 42.3 Å². The van der Waals surface area contributed by atoms with Gasteiger partial charge in [-0.05, 0) is 65.3 Å². The number of carbonyl (C=O) groups is 1. The van der Waals surface area contributed by atoms with E-state index in [1.54, 1.807) is 0 Å². The van der Waals surface area contributed by atoms with Gasteiger partial charge in [0.15, 0.2) is 11.5 Å². The molecule has 5 rings (SSSR count). The smallest absolute Gasteiger partial charge is 0.261 e. The van der Waals surface area contributed by atoms with Crippen LogP contribution in [0, 0.1) is 18.3 Å². The van der Waals surface area contributed by atoms with E-state index in [1.807, 2.05) is 30.5 Å². The van der Waals surface area contributed by atoms with Crippen molar-refractivity contribution in [3.8, 4) is 0 Å². The summed E-state index contributed by atoms with van der Waals surface area (Å²) in [5.41, 5.74) is 1.81. The number of tetrazole rings is 1. The summed E-state index contributed by atoms with van der Waals surface area (Å²) in [6, 6.07) is 5.87. The van der Waals surface area contributed by atoms with Crippen LogP contribution >= 0.6 is 11.3 Å². The van der Waals surface area contributed by atoms with Crippen molar-refractivity contribution in [2.75, 3.05) is 24.5 Å². The molecule has 1 saturated heterocycles. The number of aromatic nitrogens is 5. The molecule has 0 aromatic carbocycles. The molecule has 2 aliphatic rings. The molecule has 0 radical (unpaired) electrons. The van der Waals surface area contributed by atoms with E-state index in [9.17, 15) is 4.79 Å². The maximum absolute atomic E-state index is 12.6. The number of anilines is 1. The van der Waals surface area contributed by atoms with Gasteiger partial charge in [0.2, 0.25) is 0 Å². The van der Waals surface area contributed by atoms with Crippen LogP contribution in [0.25, 0.3) is 5.65 Å². The van der Waals surface area contributed by atoms with E-state index >= 15 is 0 Å². The molecule has 9 heteroatoms. The van der Waals surface area contributed by atoms with Gasteiger partial charge < -0.3 is 10.2 Å². The maximum Gasteiger partial charge on any atom is 0.261 e. The normalized spacial score (nSPS) is 24.5. The van der Waals surface area contributed by atoms with Crippen molar-refractivity contribution in [3.63, 3.8) is 0 Å². The van der Waals surface area contributed by atoms with Crippen LogP contribution in [0.1, 0.15) is 34.5 Å². The minimum Gasteiger partial charge on any atom is -0.354 e. The number of aryl methyl sites for hydroxylation is 1. The molecular weight excluding hydrogens is 362 g/mol. The fourth-order valence-electron chi connectivity index (χ4n) is 4.63. The number of nitrogens with one attached hydrogen (secondary N) is 1. The molecule has 1 aliphatic heterocycles. The number of hydrogen-bond donors (Lipinski definition) is 1. The van der Waals surface area contributed by atoms with E-state index in [1.165, 1.54) is 28.8 Å². The standard InChI is InChI=1S/C18H21N7OS/c1-12-6-8-27-16(12)17(26)19-10-18-7-2-3-13(18)9-24(11-18)15-5-4-14-20-22-23-25(14)21-15/h4-6,8,13H,2-3,7,9-11H2,1H3,(H,19,26)/t13-,18-/m0/s1. The van der Waals surface area contributed by atoms with Gasteiger partial charge in [-0.15, -0.1) is 26.2 Å². The number of carbonyl (C=O) groups excluding carboxylic acids is 1. The summed E-state index contributed by atoms with van der Waals surface area (Å²) in [4.78, 5) is 15.7. The summed E-state index contributed by atoms with van der Waals surface area (Å²) in [6.07, 6.45) is 3.58. The van der Waals surface area contributed by atoms with Gasteiger partial charge in [-0.25, -0.2) is 0 Å². The molecule has 3 aromatic heterocycles. The molecule has 1 amide bonds. The zero-order valence-corrected chi connectivity index (χ0v) is 15.9. The molecule has 1 N–H and O–H groups in total. The monoisotopic (exact) mass is 383 g/mol. The van der Waals surface area contributed by atoms with Crippen molar-refractivity contribution < 1.29 is 4.79 Å². The van der Waals surface area contributed by atoms with Crippen LogP contribution in [0.15, 0.2) is 23.6 Å². The Morgan fingerprint density at radius 3 is 3.19 bits per heavy atom. The van der Waals surface area contributed by atoms with E-state index in [2.05, 4.69) is 30.8 Å². The highest BCUT2D eigenvalue weighted by Gasteiger charge is 2.49. The molecule has 4 heterocycles. The van der Waals surface area contributed by atoms with Crippen LogP contribution in [0.4, 0.5) is 5.82 Å². The second-order valence-corrected chi connectivity index (χ2v) is 8.58. The van der Waals surface area contributed by atoms with Crippen LogP contribution in [-0.4, -0.2) is 50.8 Å². The lowest BCUT2D eigenvalue weighted by Gasteiger charge is -2.29. The highest BCUT2D eigenvalue weighted by atomic mass is 32.1. The van der Waals surface area contributed by atoms with Crippen molar-refractivity contribution in [2.45, 2.75) is 26.2 Å². The molecule has 1 saturated carbocycles. The Kier molecular flexibility index (Phi) is 3.85. The predicted octanol–water partition coefficient (Wildman–Crippen LogP) is 1.93. The first kappa shape index (κ1) is 16.6. The number of rotatable bonds is 4. The lowest BCUT2D eigenvalue weighted by Crippen LogP contribution is -2.40. The van der Waals surface area contributed by atoms with Crippen molar-refractivity contribution in [1.82, 2.24) is 30.6 Å². The third-order valence-electron chi connectivity index (χ3n) is 6.09. The van der Waals surface area contributed by atoms with Crippen LogP contribution in [-0.2, 0) is 0 Å². The van der Waals surface area contributed by atoms with Gasteiger partial charge in [-0.3, -0.25) is 4.79 Å². The molecule has 0 bridgehead atoms. The van der Waals surface area contributed by atoms with Crippen molar-refractivity contribution >= 4 is 28.7 Å². The van der Waals surface area contributed by atoms with Gasteiger partial charge >= 0.3 is 0 Å². The van der Waals surface area contributed by atoms with Crippen LogP contribution < -0.4 is 10.2 Å². The fraction of sp³-hybridized carbons (Fsp3) is 0.500. The Hall–Kier alpha value is -2.55. The minimum atomic E-state index is 0.0502. The summed E-state index contributed by atoms with van der Waals surface area (Å²) >= 11 is 1.51. The fourth-order valence-corrected chi connectivity index (χ4v) is 5.47. The van der Waals surface area contributed by atoms with Gasteiger partial charge in [0.1, 0.15) is 0 Å². The quantitative estimate of drug-likeness (QED) is 0.741. The van der Waals surface area contributed by atoms with E-state index in [4.69, 9.17) is 0 Å². The van der Waals surface area contributed by atoms with Gasteiger partial charge in [-0.1, -0.05) is 6.42 Å². The van der Waals surface area contributed by atoms with E-state index in [-0.39, 0.29) is 11.3 Å². The molecule has 2 fully saturated rings. The summed E-state index contributed by atoms with van der Waals surface area (Å²) in [7, 11) is 0. The topological polar surface area (TPSA) is 88.3 Å². The van der Waals surface area contributed by atoms with Crippen LogP contribution in [0.3, 0.4) is 0 Å². The number of thiophene rings is 1. The average Bonchev–Trinajstić information content (AvgIpc) is 3.41. The lowest BCUT2D eigenvalue weighted by atomic mass is 9.80. The van der Waals surface area contributed by atoms with Crippen LogP contribution in [0.5, 0.6) is 0 Å². The average molecular weight is 383 g/mol. The highest BCUT2D eigenvalue weighted by molar-refractivity contribution is 7.12. The second-order valence-electron chi connectivity index (χ2n) is 7.67. The number of hydrogen-bond acceptors (Lipinski definition) is 7. The van der Waals surface area contributed by atoms with Gasteiger partial charge in [-0.2, -0.15) is 0 Å². The van der Waals surface area contributed by atoms with Gasteiger partial charge in [0.25, 0.3) is 5.91 Å². The third kappa shape index (κ3) is 2.77. The molecule has 3 aromatic rings. The first-order chi connectivity index (χ1) is 13.1. The maximum atomic E-state index is 12.6. The Balaban J connectivity index is 1.34. The number of amides is 1. The molecule has 8 nitrogen and oxygen atoms in total. The van der Waals surface area contributed by atoms with Gasteiger partial charge in [0.05, 0.1) is 4.88 Å². The van der Waals surface area contributed by atoms with E-state index in [0.29, 0.717) is 11.6 Å². The number of nitrogens with zero attached hydrogens (tertiary/aromatic N) is 6. The number of fused-ring (bicyclic) bond motifs is 2. The zero-order chi connectivity index (χ0) is 18.4. The Morgan fingerprint density at radius 2 is 2.33 bits per heavy atom. The second kappa shape index (κ2) is 6.26. The summed E-state index contributed by atoms with van der Waals surface area (Å²) in [6.45, 7) is 4.58. The van der Waals surface area contributed by atoms with Crippen molar-refractivity contribution in [2.24, 2.45) is 11.3 Å². The first-order valence-electron chi connectivity index (χ1n) is 9.27. The van der Waals surface area contributed by atoms with Crippen molar-refractivity contribution in [1.29, 1.82) is 0 Å². The molecule has 27 heavy (non-hydrogen) atoms. The highest BCUT2D eigenvalue weighted by Crippen LogP contribution is 2.49. The summed E-state index contributed by atoms with van der Waals surface area (Å²) < 4.78 is 1.47. The summed E-state index contributed by atoms with van der Waals surface area (Å²) in [5, 5.41) is 21.2.